The highest BCUT2D eigenvalue weighted by Gasteiger charge is 2.17. The molecule has 0 aromatic heterocycles. The zero-order valence-electron chi connectivity index (χ0n) is 44.0. The molecule has 5 nitrogen and oxygen atoms in total. The largest absolute Gasteiger partial charge is 0.462 e. The summed E-state index contributed by atoms with van der Waals surface area (Å²) in [5, 5.41) is 0. The zero-order chi connectivity index (χ0) is 47.7. The average Bonchev–Trinajstić information content (AvgIpc) is 3.32. The van der Waals surface area contributed by atoms with Gasteiger partial charge in [-0.1, -0.05) is 280 Å². The van der Waals surface area contributed by atoms with Crippen LogP contribution in [0.3, 0.4) is 0 Å². The SMILES string of the molecule is CC/C=C\C/C=C\C/C=C\C/C=C\C/C=C\C/C=C\CCC(=O)OC[C@@H](COCCCCCCCCCCCCCCCCCC)OC(=O)CCCCCCCCCCCCCCCCC. The van der Waals surface area contributed by atoms with Crippen LogP contribution >= 0.6 is 0 Å². The molecule has 5 heteroatoms. The van der Waals surface area contributed by atoms with Crippen LogP contribution in [-0.4, -0.2) is 37.9 Å². The maximum Gasteiger partial charge on any atom is 0.306 e. The van der Waals surface area contributed by atoms with Crippen molar-refractivity contribution in [3.05, 3.63) is 72.9 Å². The van der Waals surface area contributed by atoms with Crippen molar-refractivity contribution >= 4 is 11.9 Å². The summed E-state index contributed by atoms with van der Waals surface area (Å²) in [7, 11) is 0. The number of esters is 2. The number of carbonyl (C=O) groups excluding carboxylic acids is 2. The zero-order valence-corrected chi connectivity index (χ0v) is 44.0. The summed E-state index contributed by atoms with van der Waals surface area (Å²) in [5.41, 5.74) is 0. The second-order valence-electron chi connectivity index (χ2n) is 18.8. The van der Waals surface area contributed by atoms with Crippen molar-refractivity contribution in [1.82, 2.24) is 0 Å². The fourth-order valence-electron chi connectivity index (χ4n) is 8.07. The molecule has 0 fully saturated rings. The van der Waals surface area contributed by atoms with Gasteiger partial charge in [-0.15, -0.1) is 0 Å². The molecule has 0 aromatic carbocycles. The number of unbranched alkanes of at least 4 members (excludes halogenated alkanes) is 29. The number of ether oxygens (including phenoxy) is 3. The van der Waals surface area contributed by atoms with Crippen LogP contribution in [0.15, 0.2) is 72.9 Å². The first-order valence-corrected chi connectivity index (χ1v) is 28.5. The molecular weight excluding hydrogens is 813 g/mol. The number of hydrogen-bond acceptors (Lipinski definition) is 5. The van der Waals surface area contributed by atoms with Crippen LogP contribution in [0.4, 0.5) is 0 Å². The van der Waals surface area contributed by atoms with Crippen LogP contribution in [0.5, 0.6) is 0 Å². The van der Waals surface area contributed by atoms with Crippen LogP contribution in [0, 0.1) is 0 Å². The summed E-state index contributed by atoms with van der Waals surface area (Å²) in [6.45, 7) is 7.68. The Morgan fingerprint density at radius 1 is 0.348 bits per heavy atom. The van der Waals surface area contributed by atoms with E-state index < -0.39 is 6.10 Å². The second kappa shape index (κ2) is 56.7. The molecule has 0 heterocycles. The summed E-state index contributed by atoms with van der Waals surface area (Å²) in [6, 6.07) is 0. The van der Waals surface area contributed by atoms with Crippen LogP contribution in [0.1, 0.15) is 278 Å². The van der Waals surface area contributed by atoms with Gasteiger partial charge in [0.25, 0.3) is 0 Å². The lowest BCUT2D eigenvalue weighted by molar-refractivity contribution is -0.162. The predicted molar refractivity (Wildman–Crippen MR) is 288 cm³/mol. The number of allylic oxidation sites excluding steroid dienone is 12. The van der Waals surface area contributed by atoms with Crippen LogP contribution in [-0.2, 0) is 23.8 Å². The Hall–Kier alpha value is -2.66. The molecule has 0 unspecified atom stereocenters. The van der Waals surface area contributed by atoms with Gasteiger partial charge >= 0.3 is 11.9 Å². The first kappa shape index (κ1) is 63.3. The standard InChI is InChI=1S/C61H108O5/c1-4-7-10-13-16-19-22-25-28-30-31-32-34-36-39-42-45-48-51-54-60(62)65-58-59(57-64-56-53-50-47-44-41-38-35-29-26-23-20-17-14-11-8-5-2)66-61(63)55-52-49-46-43-40-37-33-27-24-21-18-15-12-9-6-3/h7,10,16,19,25,28,31-32,36,39,45,48,59H,4-6,8-9,11-15,17-18,20-24,26-27,29-30,33-35,37-38,40-44,46-47,49-58H2,1-3H3/b10-7-,19-16-,28-25-,32-31-,39-36-,48-45-/t59-/m1/s1. The normalized spacial score (nSPS) is 12.7. The minimum Gasteiger partial charge on any atom is -0.462 e. The highest BCUT2D eigenvalue weighted by molar-refractivity contribution is 5.70. The molecule has 1 atom stereocenters. The van der Waals surface area contributed by atoms with E-state index in [1.807, 2.05) is 6.08 Å². The van der Waals surface area contributed by atoms with E-state index in [2.05, 4.69) is 87.6 Å². The number of carbonyl (C=O) groups is 2. The van der Waals surface area contributed by atoms with Crippen molar-refractivity contribution in [2.45, 2.75) is 284 Å². The molecule has 0 bridgehead atoms. The first-order valence-electron chi connectivity index (χ1n) is 28.5. The third kappa shape index (κ3) is 54.0. The summed E-state index contributed by atoms with van der Waals surface area (Å²) >= 11 is 0. The first-order chi connectivity index (χ1) is 32.6. The van der Waals surface area contributed by atoms with Gasteiger partial charge in [0.15, 0.2) is 6.10 Å². The number of rotatable bonds is 52. The van der Waals surface area contributed by atoms with Crippen LogP contribution < -0.4 is 0 Å². The Balaban J connectivity index is 4.36. The molecule has 0 aromatic rings. The van der Waals surface area contributed by atoms with E-state index in [4.69, 9.17) is 14.2 Å². The molecule has 0 aliphatic rings. The Bertz CT molecular complexity index is 1180. The molecule has 382 valence electrons. The van der Waals surface area contributed by atoms with Crippen molar-refractivity contribution in [1.29, 1.82) is 0 Å². The van der Waals surface area contributed by atoms with Gasteiger partial charge in [0.05, 0.1) is 6.61 Å². The summed E-state index contributed by atoms with van der Waals surface area (Å²) in [6.07, 6.45) is 73.6. The quantitative estimate of drug-likeness (QED) is 0.0346. The maximum absolute atomic E-state index is 12.8. The van der Waals surface area contributed by atoms with Crippen molar-refractivity contribution in [2.75, 3.05) is 19.8 Å². The van der Waals surface area contributed by atoms with Gasteiger partial charge < -0.3 is 14.2 Å². The van der Waals surface area contributed by atoms with E-state index in [0.29, 0.717) is 25.9 Å². The Labute approximate surface area is 410 Å². The highest BCUT2D eigenvalue weighted by Crippen LogP contribution is 2.16. The van der Waals surface area contributed by atoms with Gasteiger partial charge in [-0.2, -0.15) is 0 Å². The molecule has 0 aliphatic heterocycles. The van der Waals surface area contributed by atoms with E-state index in [1.165, 1.54) is 173 Å². The van der Waals surface area contributed by atoms with Crippen molar-refractivity contribution in [3.8, 4) is 0 Å². The molecule has 0 amide bonds. The molecule has 0 saturated carbocycles. The Morgan fingerprint density at radius 2 is 0.682 bits per heavy atom. The molecule has 0 spiro atoms. The average molecular weight is 922 g/mol. The van der Waals surface area contributed by atoms with E-state index in [9.17, 15) is 9.59 Å². The summed E-state index contributed by atoms with van der Waals surface area (Å²) in [4.78, 5) is 25.5. The van der Waals surface area contributed by atoms with E-state index in [0.717, 1.165) is 64.2 Å². The van der Waals surface area contributed by atoms with E-state index in [1.54, 1.807) is 0 Å². The lowest BCUT2D eigenvalue weighted by Crippen LogP contribution is -2.30. The lowest BCUT2D eigenvalue weighted by Gasteiger charge is -2.18. The molecule has 0 N–H and O–H groups in total. The Morgan fingerprint density at radius 3 is 1.06 bits per heavy atom. The molecule has 0 radical (unpaired) electrons. The minimum absolute atomic E-state index is 0.0478. The minimum atomic E-state index is -0.565. The highest BCUT2D eigenvalue weighted by atomic mass is 16.6. The second-order valence-corrected chi connectivity index (χ2v) is 18.8. The third-order valence-electron chi connectivity index (χ3n) is 12.3. The molecule has 66 heavy (non-hydrogen) atoms. The van der Waals surface area contributed by atoms with Gasteiger partial charge in [-0.25, -0.2) is 0 Å². The monoisotopic (exact) mass is 921 g/mol. The van der Waals surface area contributed by atoms with Crippen molar-refractivity contribution < 1.29 is 23.8 Å². The van der Waals surface area contributed by atoms with Crippen LogP contribution in [0.25, 0.3) is 0 Å². The molecular formula is C61H108O5. The summed E-state index contributed by atoms with van der Waals surface area (Å²) in [5.74, 6) is -0.481. The lowest BCUT2D eigenvalue weighted by atomic mass is 10.0. The van der Waals surface area contributed by atoms with Crippen LogP contribution in [0.2, 0.25) is 0 Å². The Kier molecular flexibility index (Phi) is 54.4. The van der Waals surface area contributed by atoms with Gasteiger partial charge in [0.1, 0.15) is 6.61 Å². The van der Waals surface area contributed by atoms with E-state index >= 15 is 0 Å². The van der Waals surface area contributed by atoms with Gasteiger partial charge in [-0.3, -0.25) is 9.59 Å². The smallest absolute Gasteiger partial charge is 0.306 e. The predicted octanol–water partition coefficient (Wildman–Crippen LogP) is 19.5. The van der Waals surface area contributed by atoms with E-state index in [-0.39, 0.29) is 25.2 Å². The fourth-order valence-corrected chi connectivity index (χ4v) is 8.07. The molecule has 0 rings (SSSR count). The van der Waals surface area contributed by atoms with Gasteiger partial charge in [-0.05, 0) is 57.8 Å². The van der Waals surface area contributed by atoms with Gasteiger partial charge in [0, 0.05) is 19.4 Å². The maximum atomic E-state index is 12.8. The fraction of sp³-hybridized carbons (Fsp3) is 0.770. The molecule has 0 saturated heterocycles. The van der Waals surface area contributed by atoms with Gasteiger partial charge in [0.2, 0.25) is 0 Å². The third-order valence-corrected chi connectivity index (χ3v) is 12.3. The number of hydrogen-bond donors (Lipinski definition) is 0. The summed E-state index contributed by atoms with van der Waals surface area (Å²) < 4.78 is 17.4. The topological polar surface area (TPSA) is 61.8 Å². The van der Waals surface area contributed by atoms with Crippen molar-refractivity contribution in [3.63, 3.8) is 0 Å². The molecule has 0 aliphatic carbocycles. The van der Waals surface area contributed by atoms with Crippen molar-refractivity contribution in [2.24, 2.45) is 0 Å².